The van der Waals surface area contributed by atoms with Gasteiger partial charge in [0, 0.05) is 26.6 Å². The van der Waals surface area contributed by atoms with E-state index >= 15 is 0 Å². The first kappa shape index (κ1) is 14.2. The van der Waals surface area contributed by atoms with Crippen molar-refractivity contribution in [3.63, 3.8) is 0 Å². The predicted molar refractivity (Wildman–Crippen MR) is 71.6 cm³/mol. The highest BCUT2D eigenvalue weighted by atomic mass is 16.5. The number of piperidine rings is 1. The molecule has 1 aliphatic heterocycles. The number of nitrogens with two attached hydrogens (primary N) is 1. The minimum atomic E-state index is -0.484. The van der Waals surface area contributed by atoms with E-state index in [2.05, 4.69) is 15.3 Å². The molecule has 1 aromatic rings. The van der Waals surface area contributed by atoms with Gasteiger partial charge in [-0.2, -0.15) is 0 Å². The van der Waals surface area contributed by atoms with Gasteiger partial charge in [-0.25, -0.2) is 9.97 Å². The number of rotatable bonds is 4. The second kappa shape index (κ2) is 5.83. The van der Waals surface area contributed by atoms with Crippen LogP contribution in [0.1, 0.15) is 18.7 Å². The van der Waals surface area contributed by atoms with Crippen molar-refractivity contribution in [3.8, 4) is 0 Å². The van der Waals surface area contributed by atoms with Gasteiger partial charge < -0.3 is 15.8 Å². The summed E-state index contributed by atoms with van der Waals surface area (Å²) in [5.74, 6) is 0.734. The molecule has 108 valence electrons. The van der Waals surface area contributed by atoms with E-state index in [1.54, 1.807) is 6.07 Å². The number of hydrogen-bond acceptors (Lipinski definition) is 7. The maximum atomic E-state index is 12.0. The van der Waals surface area contributed by atoms with E-state index in [0.717, 1.165) is 4.90 Å². The Kier molecular flexibility index (Phi) is 4.14. The first-order chi connectivity index (χ1) is 9.51. The number of likely N-dealkylation sites (tertiary alicyclic amines) is 1. The van der Waals surface area contributed by atoms with Gasteiger partial charge in [-0.15, -0.1) is 0 Å². The van der Waals surface area contributed by atoms with Gasteiger partial charge in [-0.05, 0) is 6.42 Å². The van der Waals surface area contributed by atoms with Gasteiger partial charge in [0.05, 0.1) is 0 Å². The molecule has 8 heteroatoms. The van der Waals surface area contributed by atoms with E-state index in [9.17, 15) is 9.59 Å². The number of carbonyl (C=O) groups excluding carboxylic acids is 2. The third kappa shape index (κ3) is 3.02. The lowest BCUT2D eigenvalue weighted by atomic mass is 10.0. The quantitative estimate of drug-likeness (QED) is 0.732. The molecule has 0 radical (unpaired) electrons. The summed E-state index contributed by atoms with van der Waals surface area (Å²) < 4.78 is 4.95. The number of carbonyl (C=O) groups is 2. The molecule has 3 N–H and O–H groups in total. The van der Waals surface area contributed by atoms with Crippen molar-refractivity contribution >= 4 is 23.5 Å². The maximum Gasteiger partial charge on any atom is 0.251 e. The first-order valence-electron chi connectivity index (χ1n) is 6.20. The van der Waals surface area contributed by atoms with Crippen molar-refractivity contribution in [3.05, 3.63) is 11.9 Å². The standard InChI is InChI=1S/C12H17N5O3/c1-17-11(18)4-3-7(12(17)19)14-9-5-8(13)15-10(16-9)6-20-2/h5,7H,3-4,6H2,1-2H3,(H3,13,14,15,16). The third-order valence-corrected chi connectivity index (χ3v) is 3.04. The molecule has 0 bridgehead atoms. The second-order valence-corrected chi connectivity index (χ2v) is 4.55. The molecular weight excluding hydrogens is 262 g/mol. The van der Waals surface area contributed by atoms with Crippen LogP contribution in [0.25, 0.3) is 0 Å². The Hall–Kier alpha value is -2.22. The Morgan fingerprint density at radius 2 is 2.25 bits per heavy atom. The highest BCUT2D eigenvalue weighted by molar-refractivity contribution is 6.01. The fraction of sp³-hybridized carbons (Fsp3) is 0.500. The van der Waals surface area contributed by atoms with Crippen LogP contribution in [0.4, 0.5) is 11.6 Å². The number of imide groups is 1. The first-order valence-corrected chi connectivity index (χ1v) is 6.20. The maximum absolute atomic E-state index is 12.0. The number of aromatic nitrogens is 2. The number of nitrogens with zero attached hydrogens (tertiary/aromatic N) is 3. The molecule has 1 saturated heterocycles. The average molecular weight is 279 g/mol. The Balaban J connectivity index is 2.13. The molecule has 20 heavy (non-hydrogen) atoms. The summed E-state index contributed by atoms with van der Waals surface area (Å²) in [4.78, 5) is 32.7. The average Bonchev–Trinajstić information content (AvgIpc) is 2.39. The zero-order valence-corrected chi connectivity index (χ0v) is 11.4. The van der Waals surface area contributed by atoms with Crippen molar-refractivity contribution in [2.24, 2.45) is 0 Å². The van der Waals surface area contributed by atoms with E-state index in [4.69, 9.17) is 10.5 Å². The molecule has 1 atom stereocenters. The summed E-state index contributed by atoms with van der Waals surface area (Å²) >= 11 is 0. The smallest absolute Gasteiger partial charge is 0.251 e. The molecule has 2 heterocycles. The fourth-order valence-electron chi connectivity index (χ4n) is 2.01. The lowest BCUT2D eigenvalue weighted by Crippen LogP contribution is -2.48. The van der Waals surface area contributed by atoms with Crippen LogP contribution in [0.5, 0.6) is 0 Å². The van der Waals surface area contributed by atoms with E-state index in [0.29, 0.717) is 30.3 Å². The van der Waals surface area contributed by atoms with Gasteiger partial charge in [0.1, 0.15) is 24.3 Å². The van der Waals surface area contributed by atoms with Crippen LogP contribution in [0.15, 0.2) is 6.07 Å². The van der Waals surface area contributed by atoms with Gasteiger partial charge in [-0.1, -0.05) is 0 Å². The van der Waals surface area contributed by atoms with Crippen LogP contribution in [0, 0.1) is 0 Å². The van der Waals surface area contributed by atoms with Crippen LogP contribution >= 0.6 is 0 Å². The lowest BCUT2D eigenvalue weighted by Gasteiger charge is -2.28. The molecule has 0 spiro atoms. The van der Waals surface area contributed by atoms with Crippen LogP contribution in [-0.4, -0.2) is 46.9 Å². The number of likely N-dealkylation sites (N-methyl/N-ethyl adjacent to an activating group) is 1. The summed E-state index contributed by atoms with van der Waals surface area (Å²) in [6.07, 6.45) is 0.761. The number of nitrogens with one attached hydrogen (secondary N) is 1. The highest BCUT2D eigenvalue weighted by Gasteiger charge is 2.31. The normalized spacial score (nSPS) is 19.3. The number of nitrogen functional groups attached to an aromatic ring is 1. The molecule has 1 aromatic heterocycles. The number of anilines is 2. The zero-order chi connectivity index (χ0) is 14.7. The van der Waals surface area contributed by atoms with Crippen molar-refractivity contribution in [2.45, 2.75) is 25.5 Å². The largest absolute Gasteiger partial charge is 0.384 e. The third-order valence-electron chi connectivity index (χ3n) is 3.04. The Bertz CT molecular complexity index is 534. The predicted octanol–water partition coefficient (Wildman–Crippen LogP) is -0.235. The van der Waals surface area contributed by atoms with Crippen molar-refractivity contribution in [1.82, 2.24) is 14.9 Å². The van der Waals surface area contributed by atoms with Crippen molar-refractivity contribution in [2.75, 3.05) is 25.2 Å². The molecule has 1 unspecified atom stereocenters. The fourth-order valence-corrected chi connectivity index (χ4v) is 2.01. The minimum absolute atomic E-state index is 0.171. The van der Waals surface area contributed by atoms with Gasteiger partial charge in [0.15, 0.2) is 5.82 Å². The monoisotopic (exact) mass is 279 g/mol. The molecule has 0 aromatic carbocycles. The number of amides is 2. The summed E-state index contributed by atoms with van der Waals surface area (Å²) in [5.41, 5.74) is 5.68. The molecule has 8 nitrogen and oxygen atoms in total. The number of ether oxygens (including phenoxy) is 1. The molecule has 2 amide bonds. The highest BCUT2D eigenvalue weighted by Crippen LogP contribution is 2.17. The van der Waals surface area contributed by atoms with Gasteiger partial charge in [-0.3, -0.25) is 14.5 Å². The Labute approximate surface area is 116 Å². The molecule has 1 aliphatic rings. The molecule has 1 fully saturated rings. The second-order valence-electron chi connectivity index (χ2n) is 4.55. The number of hydrogen-bond donors (Lipinski definition) is 2. The minimum Gasteiger partial charge on any atom is -0.384 e. The molecular formula is C12H17N5O3. The Morgan fingerprint density at radius 3 is 2.95 bits per heavy atom. The summed E-state index contributed by atoms with van der Waals surface area (Å²) in [7, 11) is 3.01. The van der Waals surface area contributed by atoms with Crippen LogP contribution in [0.3, 0.4) is 0 Å². The van der Waals surface area contributed by atoms with E-state index < -0.39 is 6.04 Å². The molecule has 2 rings (SSSR count). The van der Waals surface area contributed by atoms with Gasteiger partial charge in [0.2, 0.25) is 5.91 Å². The van der Waals surface area contributed by atoms with Gasteiger partial charge in [0.25, 0.3) is 5.91 Å². The summed E-state index contributed by atoms with van der Waals surface area (Å²) in [6.45, 7) is 0.233. The van der Waals surface area contributed by atoms with E-state index in [1.165, 1.54) is 14.2 Å². The SMILES string of the molecule is COCc1nc(N)cc(NC2CCC(=O)N(C)C2=O)n1. The molecule has 0 saturated carbocycles. The molecule has 0 aliphatic carbocycles. The van der Waals surface area contributed by atoms with E-state index in [1.807, 2.05) is 0 Å². The number of methoxy groups -OCH3 is 1. The lowest BCUT2D eigenvalue weighted by molar-refractivity contribution is -0.146. The van der Waals surface area contributed by atoms with Crippen molar-refractivity contribution in [1.29, 1.82) is 0 Å². The van der Waals surface area contributed by atoms with Crippen LogP contribution < -0.4 is 11.1 Å². The van der Waals surface area contributed by atoms with Crippen molar-refractivity contribution < 1.29 is 14.3 Å². The van der Waals surface area contributed by atoms with Crippen LogP contribution in [-0.2, 0) is 20.9 Å². The summed E-state index contributed by atoms with van der Waals surface area (Å²) in [6, 6.07) is 1.06. The topological polar surface area (TPSA) is 110 Å². The summed E-state index contributed by atoms with van der Waals surface area (Å²) in [5, 5.41) is 2.99. The van der Waals surface area contributed by atoms with Crippen LogP contribution in [0.2, 0.25) is 0 Å². The van der Waals surface area contributed by atoms with E-state index in [-0.39, 0.29) is 18.4 Å². The Morgan fingerprint density at radius 1 is 1.50 bits per heavy atom. The van der Waals surface area contributed by atoms with Gasteiger partial charge >= 0.3 is 0 Å². The zero-order valence-electron chi connectivity index (χ0n) is 11.4.